The fraction of sp³-hybridized carbons (Fsp3) is 0.531. The zero-order chi connectivity index (χ0) is 30.7. The van der Waals surface area contributed by atoms with Gasteiger partial charge in [0, 0.05) is 44.8 Å². The van der Waals surface area contributed by atoms with E-state index in [1.807, 2.05) is 24.3 Å². The number of fused-ring (bicyclic) bond motifs is 18. The molecule has 1 fully saturated rings. The van der Waals surface area contributed by atoms with Gasteiger partial charge in [0.25, 0.3) is 0 Å². The summed E-state index contributed by atoms with van der Waals surface area (Å²) in [4.78, 5) is 15.3. The fourth-order valence-electron chi connectivity index (χ4n) is 4.28. The first kappa shape index (κ1) is 34.3. The molecule has 2 bridgehead atoms. The number of phenols is 2. The summed E-state index contributed by atoms with van der Waals surface area (Å²) in [5.74, 6) is 0.881. The average molecular weight is 603 g/mol. The van der Waals surface area contributed by atoms with Crippen molar-refractivity contribution >= 4 is 11.9 Å². The summed E-state index contributed by atoms with van der Waals surface area (Å²) in [6.07, 6.45) is 1.82. The molecule has 11 heteroatoms. The highest BCUT2D eigenvalue weighted by atomic mass is 16.5. The van der Waals surface area contributed by atoms with Crippen LogP contribution in [0.5, 0.6) is 23.0 Å². The van der Waals surface area contributed by atoms with E-state index in [9.17, 15) is 4.79 Å². The lowest BCUT2D eigenvalue weighted by Gasteiger charge is -2.25. The highest BCUT2D eigenvalue weighted by Gasteiger charge is 2.12. The normalized spacial score (nSPS) is 21.4. The molecular weight excluding hydrogens is 556 g/mol. The fourth-order valence-corrected chi connectivity index (χ4v) is 4.28. The molecule has 3 aliphatic heterocycles. The van der Waals surface area contributed by atoms with Crippen LogP contribution in [0, 0.1) is 0 Å². The summed E-state index contributed by atoms with van der Waals surface area (Å²) >= 11 is 0. The van der Waals surface area contributed by atoms with E-state index in [0.717, 1.165) is 56.3 Å². The first-order valence-corrected chi connectivity index (χ1v) is 14.8. The first-order valence-electron chi connectivity index (χ1n) is 14.8. The third-order valence-corrected chi connectivity index (χ3v) is 6.87. The smallest absolute Gasteiger partial charge is 0.161 e. The predicted molar refractivity (Wildman–Crippen MR) is 163 cm³/mol. The van der Waals surface area contributed by atoms with E-state index in [-0.39, 0.29) is 17.3 Å². The Morgan fingerprint density at radius 2 is 1.14 bits per heavy atom. The minimum Gasteiger partial charge on any atom is -0.504 e. The molecule has 11 nitrogen and oxygen atoms in total. The van der Waals surface area contributed by atoms with Gasteiger partial charge >= 0.3 is 0 Å². The summed E-state index contributed by atoms with van der Waals surface area (Å²) in [6, 6.07) is 9.91. The molecule has 1 saturated heterocycles. The molecule has 0 aromatic heterocycles. The van der Waals surface area contributed by atoms with E-state index in [1.54, 1.807) is 0 Å². The van der Waals surface area contributed by atoms with Crippen molar-refractivity contribution in [3.8, 4) is 23.0 Å². The Balaban J connectivity index is 0.000000386. The van der Waals surface area contributed by atoms with E-state index < -0.39 is 0 Å². The molecule has 5 rings (SSSR count). The molecule has 238 valence electrons. The number of benzene rings is 2. The van der Waals surface area contributed by atoms with Crippen LogP contribution < -0.4 is 9.47 Å². The monoisotopic (exact) mass is 602 g/mol. The molecule has 2 aromatic carbocycles. The van der Waals surface area contributed by atoms with Gasteiger partial charge in [0.1, 0.15) is 13.2 Å². The highest BCUT2D eigenvalue weighted by Crippen LogP contribution is 2.29. The summed E-state index contributed by atoms with van der Waals surface area (Å²) in [6.45, 7) is 16.2. The van der Waals surface area contributed by atoms with Crippen molar-refractivity contribution in [3.63, 3.8) is 0 Å². The molecule has 0 atom stereocenters. The number of hydrogen-bond donors (Lipinski definition) is 2. The van der Waals surface area contributed by atoms with Gasteiger partial charge in [-0.2, -0.15) is 0 Å². The summed E-state index contributed by atoms with van der Waals surface area (Å²) in [7, 11) is 0. The van der Waals surface area contributed by atoms with Gasteiger partial charge in [-0.05, 0) is 42.8 Å². The molecule has 0 spiro atoms. The number of ketones is 1. The number of aromatic hydroxyl groups is 2. The van der Waals surface area contributed by atoms with Crippen LogP contribution in [0.4, 0.5) is 0 Å². The lowest BCUT2D eigenvalue weighted by molar-refractivity contribution is 0.00506. The molecular formula is C32H46N2O9. The second kappa shape index (κ2) is 19.9. The zero-order valence-corrected chi connectivity index (χ0v) is 25.2. The molecule has 0 unspecified atom stereocenters. The maximum Gasteiger partial charge on any atom is 0.161 e. The van der Waals surface area contributed by atoms with E-state index in [2.05, 4.69) is 16.4 Å². The third kappa shape index (κ3) is 13.3. The number of nitrogens with zero attached hydrogens (tertiary/aromatic N) is 2. The van der Waals surface area contributed by atoms with Crippen molar-refractivity contribution in [2.45, 2.75) is 6.92 Å². The molecule has 0 aliphatic carbocycles. The van der Waals surface area contributed by atoms with Gasteiger partial charge in [-0.15, -0.1) is 0 Å². The lowest BCUT2D eigenvalue weighted by Crippen LogP contribution is -2.36. The van der Waals surface area contributed by atoms with Crippen molar-refractivity contribution in [3.05, 3.63) is 54.1 Å². The largest absolute Gasteiger partial charge is 0.504 e. The minimum atomic E-state index is -0.266. The maximum atomic E-state index is 10.7. The van der Waals surface area contributed by atoms with Gasteiger partial charge in [0.2, 0.25) is 0 Å². The van der Waals surface area contributed by atoms with Crippen LogP contribution in [0.3, 0.4) is 0 Å². The van der Waals surface area contributed by atoms with Crippen molar-refractivity contribution in [2.75, 3.05) is 105 Å². The molecule has 3 aliphatic rings. The number of ether oxygens (including phenoxy) is 6. The van der Waals surface area contributed by atoms with E-state index in [0.29, 0.717) is 71.6 Å². The average Bonchev–Trinajstić information content (AvgIpc) is 3.00. The number of phenolic OH excluding ortho intramolecular Hbond substituents is 2. The van der Waals surface area contributed by atoms with Gasteiger partial charge in [-0.3, -0.25) is 14.6 Å². The van der Waals surface area contributed by atoms with E-state index in [4.69, 9.17) is 38.6 Å². The molecule has 0 amide bonds. The Morgan fingerprint density at radius 3 is 1.60 bits per heavy atom. The zero-order valence-electron chi connectivity index (χ0n) is 25.2. The second-order valence-electron chi connectivity index (χ2n) is 10.00. The highest BCUT2D eigenvalue weighted by molar-refractivity contribution is 5.94. The number of carbonyl (C=O) groups excluding carboxylic acids is 1. The molecule has 2 N–H and O–H groups in total. The quantitative estimate of drug-likeness (QED) is 0.390. The van der Waals surface area contributed by atoms with Gasteiger partial charge < -0.3 is 38.6 Å². The number of hydrogen-bond acceptors (Lipinski definition) is 11. The van der Waals surface area contributed by atoms with Gasteiger partial charge in [-0.25, -0.2) is 0 Å². The Morgan fingerprint density at radius 1 is 0.651 bits per heavy atom. The number of carbonyl (C=O) groups is 1. The topological polar surface area (TPSA) is 119 Å². The number of Topliss-reactive ketones (excluding diaryl/α,β-unsaturated/α-hetero) is 1. The van der Waals surface area contributed by atoms with Crippen LogP contribution in [-0.2, 0) is 18.9 Å². The summed E-state index contributed by atoms with van der Waals surface area (Å²) in [5.41, 5.74) is 1.39. The van der Waals surface area contributed by atoms with Crippen LogP contribution in [0.25, 0.3) is 6.08 Å². The Hall–Kier alpha value is -3.19. The van der Waals surface area contributed by atoms with Gasteiger partial charge in [-0.1, -0.05) is 18.7 Å². The van der Waals surface area contributed by atoms with Crippen molar-refractivity contribution in [1.82, 2.24) is 9.80 Å². The number of rotatable bonds is 2. The second-order valence-corrected chi connectivity index (χ2v) is 10.00. The Kier molecular flexibility index (Phi) is 15.9. The Bertz CT molecular complexity index is 1090. The van der Waals surface area contributed by atoms with Crippen LogP contribution in [0.2, 0.25) is 0 Å². The first-order chi connectivity index (χ1) is 21.0. The standard InChI is InChI=1S/C24H38N2O6.C8H8O3/c1-2-22-3-4-23-24(21-22)32-16-10-26-7-13-29-19-17-27-11-5-25(9-15-31-23)6-12-28-18-20-30-14-8-26;1-5(9)6-2-3-7(10)8(11)4-6/h2-4,21H,1,5-20H2;2-4,10-11H,1H3. The van der Waals surface area contributed by atoms with Crippen LogP contribution >= 0.6 is 0 Å². The third-order valence-electron chi connectivity index (χ3n) is 6.87. The molecule has 3 heterocycles. The van der Waals surface area contributed by atoms with Crippen molar-refractivity contribution in [1.29, 1.82) is 0 Å². The van der Waals surface area contributed by atoms with Crippen LogP contribution in [0.15, 0.2) is 43.0 Å². The molecule has 0 saturated carbocycles. The predicted octanol–water partition coefficient (Wildman–Crippen LogP) is 3.09. The molecule has 43 heavy (non-hydrogen) atoms. The van der Waals surface area contributed by atoms with Crippen LogP contribution in [-0.4, -0.2) is 131 Å². The molecule has 2 aromatic rings. The van der Waals surface area contributed by atoms with E-state index in [1.165, 1.54) is 25.1 Å². The maximum absolute atomic E-state index is 10.7. The van der Waals surface area contributed by atoms with Crippen LogP contribution in [0.1, 0.15) is 22.8 Å². The minimum absolute atomic E-state index is 0.139. The molecule has 0 radical (unpaired) electrons. The summed E-state index contributed by atoms with van der Waals surface area (Å²) < 4.78 is 35.4. The summed E-state index contributed by atoms with van der Waals surface area (Å²) in [5, 5.41) is 17.8. The van der Waals surface area contributed by atoms with Gasteiger partial charge in [0.05, 0.1) is 52.9 Å². The SMILES string of the molecule is C=Cc1ccc2c(c1)OCCN1CCOCCOCCN(CCOCCOCC1)CCO2.CC(=O)c1ccc(O)c(O)c1. The van der Waals surface area contributed by atoms with Crippen molar-refractivity contribution < 1.29 is 43.4 Å². The van der Waals surface area contributed by atoms with Crippen molar-refractivity contribution in [2.24, 2.45) is 0 Å². The van der Waals surface area contributed by atoms with E-state index >= 15 is 0 Å². The van der Waals surface area contributed by atoms with Gasteiger partial charge in [0.15, 0.2) is 28.8 Å². The lowest BCUT2D eigenvalue weighted by atomic mass is 10.1. The Labute approximate surface area is 254 Å².